The van der Waals surface area contributed by atoms with Gasteiger partial charge in [-0.2, -0.15) is 0 Å². The normalized spacial score (nSPS) is 11.1. The van der Waals surface area contributed by atoms with Crippen LogP contribution in [0.5, 0.6) is 0 Å². The van der Waals surface area contributed by atoms with Crippen LogP contribution in [0.15, 0.2) is 22.6 Å². The third-order valence-corrected chi connectivity index (χ3v) is 2.74. The Morgan fingerprint density at radius 1 is 1.25 bits per heavy atom. The van der Waals surface area contributed by atoms with Crippen LogP contribution in [-0.2, 0) is 6.42 Å². The van der Waals surface area contributed by atoms with Gasteiger partial charge in [0.2, 0.25) is 0 Å². The van der Waals surface area contributed by atoms with Gasteiger partial charge in [-0.3, -0.25) is 0 Å². The summed E-state index contributed by atoms with van der Waals surface area (Å²) >= 11 is 0. The largest absolute Gasteiger partial charge is 0.441 e. The highest BCUT2D eigenvalue weighted by Gasteiger charge is 2.07. The molecule has 0 aliphatic carbocycles. The molecule has 0 fully saturated rings. The minimum Gasteiger partial charge on any atom is -0.441 e. The number of nitrogens with zero attached hydrogens (tertiary/aromatic N) is 1. The zero-order valence-corrected chi connectivity index (χ0v) is 9.70. The molecule has 0 aliphatic heterocycles. The summed E-state index contributed by atoms with van der Waals surface area (Å²) in [5.41, 5.74) is 8.11. The summed E-state index contributed by atoms with van der Waals surface area (Å²) in [7, 11) is 0. The van der Waals surface area contributed by atoms with Crippen molar-refractivity contribution in [2.75, 3.05) is 5.73 Å². The Morgan fingerprint density at radius 3 is 2.88 bits per heavy atom. The lowest BCUT2D eigenvalue weighted by Gasteiger charge is -1.94. The minimum absolute atomic E-state index is 0.695. The quantitative estimate of drug-likeness (QED) is 0.617. The van der Waals surface area contributed by atoms with Gasteiger partial charge in [-0.05, 0) is 18.6 Å². The molecule has 16 heavy (non-hydrogen) atoms. The lowest BCUT2D eigenvalue weighted by atomic mass is 10.1. The fraction of sp³-hybridized carbons (Fsp3) is 0.462. The van der Waals surface area contributed by atoms with Crippen LogP contribution in [-0.4, -0.2) is 4.98 Å². The number of oxazole rings is 1. The summed E-state index contributed by atoms with van der Waals surface area (Å²) < 4.78 is 5.64. The van der Waals surface area contributed by atoms with E-state index < -0.39 is 0 Å². The maximum Gasteiger partial charge on any atom is 0.195 e. The molecule has 0 spiro atoms. The first kappa shape index (κ1) is 11.0. The van der Waals surface area contributed by atoms with Crippen molar-refractivity contribution in [1.29, 1.82) is 0 Å². The third kappa shape index (κ3) is 2.35. The Labute approximate surface area is 95.7 Å². The summed E-state index contributed by atoms with van der Waals surface area (Å²) in [6.45, 7) is 2.21. The number of hydrogen-bond donors (Lipinski definition) is 1. The average molecular weight is 218 g/mol. The molecule has 0 atom stereocenters. The van der Waals surface area contributed by atoms with Crippen LogP contribution in [0.25, 0.3) is 11.1 Å². The number of aromatic nitrogens is 1. The minimum atomic E-state index is 0.695. The fourth-order valence-corrected chi connectivity index (χ4v) is 1.83. The molecule has 0 saturated heterocycles. The summed E-state index contributed by atoms with van der Waals surface area (Å²) in [5.74, 6) is 0.809. The van der Waals surface area contributed by atoms with Crippen molar-refractivity contribution < 1.29 is 4.42 Å². The molecule has 0 aliphatic rings. The molecule has 0 unspecified atom stereocenters. The predicted molar refractivity (Wildman–Crippen MR) is 66.3 cm³/mol. The molecule has 2 rings (SSSR count). The van der Waals surface area contributed by atoms with Crippen LogP contribution in [0, 0.1) is 0 Å². The lowest BCUT2D eigenvalue weighted by Crippen LogP contribution is -1.87. The number of benzene rings is 1. The highest BCUT2D eigenvalue weighted by atomic mass is 16.3. The third-order valence-electron chi connectivity index (χ3n) is 2.74. The van der Waals surface area contributed by atoms with Crippen molar-refractivity contribution in [3.8, 4) is 0 Å². The topological polar surface area (TPSA) is 52.0 Å². The second-order valence-corrected chi connectivity index (χ2v) is 4.11. The molecule has 1 aromatic heterocycles. The highest BCUT2D eigenvalue weighted by Crippen LogP contribution is 2.22. The number of aryl methyl sites for hydroxylation is 1. The van der Waals surface area contributed by atoms with Crippen LogP contribution in [0.3, 0.4) is 0 Å². The van der Waals surface area contributed by atoms with Gasteiger partial charge in [0, 0.05) is 6.42 Å². The van der Waals surface area contributed by atoms with E-state index in [1.54, 1.807) is 0 Å². The molecule has 1 heterocycles. The number of para-hydroxylation sites is 1. The van der Waals surface area contributed by atoms with Gasteiger partial charge in [0.1, 0.15) is 5.52 Å². The van der Waals surface area contributed by atoms with Gasteiger partial charge < -0.3 is 10.2 Å². The standard InChI is InChI=1S/C13H18N2O/c1-2-3-4-5-9-12-15-13-10(14)7-6-8-11(13)16-12/h6-8H,2-5,9,14H2,1H3. The SMILES string of the molecule is CCCCCCc1nc2c(N)cccc2o1. The molecular formula is C13H18N2O. The van der Waals surface area contributed by atoms with Gasteiger partial charge in [0.05, 0.1) is 5.69 Å². The first-order valence-corrected chi connectivity index (χ1v) is 5.95. The molecule has 0 saturated carbocycles. The Hall–Kier alpha value is -1.51. The second-order valence-electron chi connectivity index (χ2n) is 4.11. The fourth-order valence-electron chi connectivity index (χ4n) is 1.83. The number of fused-ring (bicyclic) bond motifs is 1. The van der Waals surface area contributed by atoms with Crippen molar-refractivity contribution >= 4 is 16.8 Å². The molecule has 0 bridgehead atoms. The van der Waals surface area contributed by atoms with E-state index in [1.165, 1.54) is 19.3 Å². The van der Waals surface area contributed by atoms with E-state index in [9.17, 15) is 0 Å². The first-order chi connectivity index (χ1) is 7.81. The highest BCUT2D eigenvalue weighted by molar-refractivity contribution is 5.85. The van der Waals surface area contributed by atoms with Crippen LogP contribution < -0.4 is 5.73 Å². The van der Waals surface area contributed by atoms with E-state index in [0.29, 0.717) is 5.69 Å². The van der Waals surface area contributed by atoms with Gasteiger partial charge in [0.25, 0.3) is 0 Å². The molecule has 2 N–H and O–H groups in total. The summed E-state index contributed by atoms with van der Waals surface area (Å²) in [6, 6.07) is 5.66. The van der Waals surface area contributed by atoms with Gasteiger partial charge in [0.15, 0.2) is 11.5 Å². The van der Waals surface area contributed by atoms with Gasteiger partial charge >= 0.3 is 0 Å². The molecule has 2 aromatic rings. The summed E-state index contributed by atoms with van der Waals surface area (Å²) in [5, 5.41) is 0. The summed E-state index contributed by atoms with van der Waals surface area (Å²) in [4.78, 5) is 4.42. The van der Waals surface area contributed by atoms with E-state index in [2.05, 4.69) is 11.9 Å². The molecule has 0 amide bonds. The van der Waals surface area contributed by atoms with E-state index in [0.717, 1.165) is 29.8 Å². The van der Waals surface area contributed by atoms with Crippen molar-refractivity contribution in [3.63, 3.8) is 0 Å². The number of rotatable bonds is 5. The van der Waals surface area contributed by atoms with Gasteiger partial charge in [-0.1, -0.05) is 32.3 Å². The van der Waals surface area contributed by atoms with Crippen LogP contribution >= 0.6 is 0 Å². The molecule has 86 valence electrons. The number of nitrogen functional groups attached to an aromatic ring is 1. The van der Waals surface area contributed by atoms with Crippen LogP contribution in [0.2, 0.25) is 0 Å². The van der Waals surface area contributed by atoms with Gasteiger partial charge in [-0.15, -0.1) is 0 Å². The van der Waals surface area contributed by atoms with E-state index in [-0.39, 0.29) is 0 Å². The monoisotopic (exact) mass is 218 g/mol. The molecule has 0 radical (unpaired) electrons. The Bertz CT molecular complexity index is 462. The number of unbranched alkanes of at least 4 members (excludes halogenated alkanes) is 3. The Balaban J connectivity index is 2.05. The van der Waals surface area contributed by atoms with Crippen molar-refractivity contribution in [2.45, 2.75) is 39.0 Å². The lowest BCUT2D eigenvalue weighted by molar-refractivity contribution is 0.509. The van der Waals surface area contributed by atoms with E-state index in [1.807, 2.05) is 18.2 Å². The second kappa shape index (κ2) is 5.01. The number of anilines is 1. The number of hydrogen-bond acceptors (Lipinski definition) is 3. The molecule has 3 nitrogen and oxygen atoms in total. The van der Waals surface area contributed by atoms with E-state index >= 15 is 0 Å². The van der Waals surface area contributed by atoms with Gasteiger partial charge in [-0.25, -0.2) is 4.98 Å². The zero-order valence-electron chi connectivity index (χ0n) is 9.70. The predicted octanol–water partition coefficient (Wildman–Crippen LogP) is 3.53. The molecule has 3 heteroatoms. The Morgan fingerprint density at radius 2 is 2.12 bits per heavy atom. The smallest absolute Gasteiger partial charge is 0.195 e. The zero-order chi connectivity index (χ0) is 11.4. The maximum absolute atomic E-state index is 5.82. The number of nitrogens with two attached hydrogens (primary N) is 1. The summed E-state index contributed by atoms with van der Waals surface area (Å²) in [6.07, 6.45) is 5.82. The van der Waals surface area contributed by atoms with Crippen LogP contribution in [0.4, 0.5) is 5.69 Å². The molecular weight excluding hydrogens is 200 g/mol. The average Bonchev–Trinajstić information content (AvgIpc) is 2.69. The van der Waals surface area contributed by atoms with Crippen molar-refractivity contribution in [2.24, 2.45) is 0 Å². The maximum atomic E-state index is 5.82. The van der Waals surface area contributed by atoms with E-state index in [4.69, 9.17) is 10.2 Å². The van der Waals surface area contributed by atoms with Crippen molar-refractivity contribution in [1.82, 2.24) is 4.98 Å². The molecule has 1 aromatic carbocycles. The first-order valence-electron chi connectivity index (χ1n) is 5.95. The van der Waals surface area contributed by atoms with Crippen molar-refractivity contribution in [3.05, 3.63) is 24.1 Å². The van der Waals surface area contributed by atoms with Crippen LogP contribution in [0.1, 0.15) is 38.5 Å². The Kier molecular flexibility index (Phi) is 3.44.